The van der Waals surface area contributed by atoms with E-state index < -0.39 is 0 Å². The number of hydrogen-bond donors (Lipinski definition) is 1. The predicted octanol–water partition coefficient (Wildman–Crippen LogP) is 0.188. The van der Waals surface area contributed by atoms with Crippen LogP contribution in [0.2, 0.25) is 0 Å². The zero-order valence-corrected chi connectivity index (χ0v) is 10.5. The summed E-state index contributed by atoms with van der Waals surface area (Å²) < 4.78 is 2.01. The van der Waals surface area contributed by atoms with Gasteiger partial charge in [0, 0.05) is 24.9 Å². The minimum absolute atomic E-state index is 0.256. The second kappa shape index (κ2) is 4.38. The first-order chi connectivity index (χ1) is 8.22. The van der Waals surface area contributed by atoms with Crippen LogP contribution in [0.5, 0.6) is 0 Å². The SMILES string of the molecule is CN1CCCC1Cc1nc2n(n1)CC(N)CC2. The van der Waals surface area contributed by atoms with Gasteiger partial charge < -0.3 is 10.6 Å². The van der Waals surface area contributed by atoms with Crippen molar-refractivity contribution in [2.45, 2.75) is 50.7 Å². The summed E-state index contributed by atoms with van der Waals surface area (Å²) in [6.45, 7) is 2.05. The molecule has 0 radical (unpaired) electrons. The van der Waals surface area contributed by atoms with Crippen molar-refractivity contribution in [1.82, 2.24) is 19.7 Å². The van der Waals surface area contributed by atoms with Crippen molar-refractivity contribution in [3.8, 4) is 0 Å². The van der Waals surface area contributed by atoms with Crippen LogP contribution in [0.1, 0.15) is 30.9 Å². The van der Waals surface area contributed by atoms with Gasteiger partial charge in [-0.3, -0.25) is 0 Å². The molecule has 1 aromatic heterocycles. The average molecular weight is 235 g/mol. The number of likely N-dealkylation sites (tertiary alicyclic amines) is 1. The molecule has 2 atom stereocenters. The molecule has 3 heterocycles. The molecule has 94 valence electrons. The molecule has 0 aliphatic carbocycles. The van der Waals surface area contributed by atoms with Crippen molar-refractivity contribution in [1.29, 1.82) is 0 Å². The highest BCUT2D eigenvalue weighted by Crippen LogP contribution is 2.19. The van der Waals surface area contributed by atoms with E-state index in [-0.39, 0.29) is 6.04 Å². The summed E-state index contributed by atoms with van der Waals surface area (Å²) in [4.78, 5) is 7.08. The van der Waals surface area contributed by atoms with Gasteiger partial charge in [0.05, 0.1) is 6.54 Å². The van der Waals surface area contributed by atoms with Gasteiger partial charge in [-0.2, -0.15) is 5.10 Å². The van der Waals surface area contributed by atoms with E-state index in [4.69, 9.17) is 5.73 Å². The van der Waals surface area contributed by atoms with E-state index in [1.807, 2.05) is 4.68 Å². The summed E-state index contributed by atoms with van der Waals surface area (Å²) in [6, 6.07) is 0.888. The van der Waals surface area contributed by atoms with Crippen LogP contribution < -0.4 is 5.73 Å². The smallest absolute Gasteiger partial charge is 0.152 e. The molecule has 0 bridgehead atoms. The average Bonchev–Trinajstić information content (AvgIpc) is 2.85. The molecule has 3 rings (SSSR count). The van der Waals surface area contributed by atoms with Crippen molar-refractivity contribution in [2.75, 3.05) is 13.6 Å². The molecule has 0 amide bonds. The van der Waals surface area contributed by atoms with Crippen molar-refractivity contribution in [3.63, 3.8) is 0 Å². The number of nitrogens with two attached hydrogens (primary N) is 1. The van der Waals surface area contributed by atoms with E-state index in [0.29, 0.717) is 6.04 Å². The Labute approximate surface area is 102 Å². The molecule has 2 unspecified atom stereocenters. The number of fused-ring (bicyclic) bond motifs is 1. The zero-order chi connectivity index (χ0) is 11.8. The monoisotopic (exact) mass is 235 g/mol. The topological polar surface area (TPSA) is 60.0 Å². The zero-order valence-electron chi connectivity index (χ0n) is 10.5. The van der Waals surface area contributed by atoms with Gasteiger partial charge in [-0.15, -0.1) is 0 Å². The maximum atomic E-state index is 5.95. The lowest BCUT2D eigenvalue weighted by Gasteiger charge is -2.18. The Morgan fingerprint density at radius 1 is 1.41 bits per heavy atom. The van der Waals surface area contributed by atoms with Crippen molar-refractivity contribution < 1.29 is 0 Å². The fourth-order valence-electron chi connectivity index (χ4n) is 2.92. The predicted molar refractivity (Wildman–Crippen MR) is 65.7 cm³/mol. The Morgan fingerprint density at radius 2 is 2.29 bits per heavy atom. The van der Waals surface area contributed by atoms with E-state index in [0.717, 1.165) is 37.5 Å². The summed E-state index contributed by atoms with van der Waals surface area (Å²) in [6.07, 6.45) is 5.60. The van der Waals surface area contributed by atoms with E-state index in [9.17, 15) is 0 Å². The number of rotatable bonds is 2. The van der Waals surface area contributed by atoms with Crippen LogP contribution in [0.4, 0.5) is 0 Å². The lowest BCUT2D eigenvalue weighted by atomic mass is 10.1. The summed E-state index contributed by atoms with van der Waals surface area (Å²) in [5, 5.41) is 4.60. The van der Waals surface area contributed by atoms with Crippen molar-refractivity contribution in [2.24, 2.45) is 5.73 Å². The Bertz CT molecular complexity index is 400. The molecule has 0 spiro atoms. The molecular weight excluding hydrogens is 214 g/mol. The molecule has 1 saturated heterocycles. The molecule has 2 N–H and O–H groups in total. The quantitative estimate of drug-likeness (QED) is 0.795. The van der Waals surface area contributed by atoms with Gasteiger partial charge >= 0.3 is 0 Å². The fraction of sp³-hybridized carbons (Fsp3) is 0.833. The Balaban J connectivity index is 1.72. The highest BCUT2D eigenvalue weighted by Gasteiger charge is 2.24. The molecule has 0 saturated carbocycles. The van der Waals surface area contributed by atoms with Gasteiger partial charge in [-0.1, -0.05) is 0 Å². The maximum absolute atomic E-state index is 5.95. The minimum atomic E-state index is 0.256. The van der Waals surface area contributed by atoms with Crippen LogP contribution in [0.15, 0.2) is 0 Å². The number of hydrogen-bond acceptors (Lipinski definition) is 4. The number of aromatic nitrogens is 3. The highest BCUT2D eigenvalue weighted by atomic mass is 15.4. The molecule has 5 nitrogen and oxygen atoms in total. The van der Waals surface area contributed by atoms with Gasteiger partial charge in [-0.05, 0) is 32.9 Å². The second-order valence-electron chi connectivity index (χ2n) is 5.41. The molecule has 2 aliphatic heterocycles. The number of likely N-dealkylation sites (N-methyl/N-ethyl adjacent to an activating group) is 1. The van der Waals surface area contributed by atoms with Crippen molar-refractivity contribution >= 4 is 0 Å². The Morgan fingerprint density at radius 3 is 3.06 bits per heavy atom. The first-order valence-corrected chi connectivity index (χ1v) is 6.61. The Hall–Kier alpha value is -0.940. The van der Waals surface area contributed by atoms with Crippen LogP contribution >= 0.6 is 0 Å². The minimum Gasteiger partial charge on any atom is -0.326 e. The van der Waals surface area contributed by atoms with Gasteiger partial charge in [-0.25, -0.2) is 9.67 Å². The van der Waals surface area contributed by atoms with Gasteiger partial charge in [0.15, 0.2) is 5.82 Å². The first kappa shape index (κ1) is 11.2. The lowest BCUT2D eigenvalue weighted by molar-refractivity contribution is 0.305. The third-order valence-corrected chi connectivity index (χ3v) is 4.03. The van der Waals surface area contributed by atoms with Crippen LogP contribution in [-0.4, -0.2) is 45.3 Å². The summed E-state index contributed by atoms with van der Waals surface area (Å²) in [7, 11) is 2.20. The highest BCUT2D eigenvalue weighted by molar-refractivity contribution is 5.00. The maximum Gasteiger partial charge on any atom is 0.152 e. The van der Waals surface area contributed by atoms with Crippen LogP contribution in [0, 0.1) is 0 Å². The third kappa shape index (κ3) is 2.21. The summed E-state index contributed by atoms with van der Waals surface area (Å²) in [5.74, 6) is 2.13. The summed E-state index contributed by atoms with van der Waals surface area (Å²) >= 11 is 0. The summed E-state index contributed by atoms with van der Waals surface area (Å²) in [5.41, 5.74) is 5.95. The van der Waals surface area contributed by atoms with E-state index in [1.165, 1.54) is 19.4 Å². The third-order valence-electron chi connectivity index (χ3n) is 4.03. The van der Waals surface area contributed by atoms with Crippen LogP contribution in [0.25, 0.3) is 0 Å². The first-order valence-electron chi connectivity index (χ1n) is 6.61. The van der Waals surface area contributed by atoms with Crippen molar-refractivity contribution in [3.05, 3.63) is 11.6 Å². The van der Waals surface area contributed by atoms with E-state index in [2.05, 4.69) is 22.0 Å². The van der Waals surface area contributed by atoms with Gasteiger partial charge in [0.25, 0.3) is 0 Å². The second-order valence-corrected chi connectivity index (χ2v) is 5.41. The number of nitrogens with zero attached hydrogens (tertiary/aromatic N) is 4. The van der Waals surface area contributed by atoms with Gasteiger partial charge in [0.2, 0.25) is 0 Å². The fourth-order valence-corrected chi connectivity index (χ4v) is 2.92. The molecule has 0 aromatic carbocycles. The van der Waals surface area contributed by atoms with Crippen LogP contribution in [-0.2, 0) is 19.4 Å². The molecule has 1 aromatic rings. The molecule has 17 heavy (non-hydrogen) atoms. The van der Waals surface area contributed by atoms with E-state index in [1.54, 1.807) is 0 Å². The van der Waals surface area contributed by atoms with Crippen LogP contribution in [0.3, 0.4) is 0 Å². The standard InChI is InChI=1S/C12H21N5/c1-16-6-2-3-10(16)7-11-14-12-5-4-9(13)8-17(12)15-11/h9-10H,2-8,13H2,1H3. The lowest BCUT2D eigenvalue weighted by Crippen LogP contribution is -2.32. The number of aryl methyl sites for hydroxylation is 1. The molecular formula is C12H21N5. The van der Waals surface area contributed by atoms with E-state index >= 15 is 0 Å². The molecule has 1 fully saturated rings. The Kier molecular flexibility index (Phi) is 2.88. The van der Waals surface area contributed by atoms with Gasteiger partial charge in [0.1, 0.15) is 5.82 Å². The molecule has 2 aliphatic rings. The molecule has 5 heteroatoms. The normalized spacial score (nSPS) is 29.5. The largest absolute Gasteiger partial charge is 0.326 e.